The minimum absolute atomic E-state index is 0.00592. The number of halogens is 4. The average Bonchev–Trinajstić information content (AvgIpc) is 3.37. The Morgan fingerprint density at radius 2 is 1.93 bits per heavy atom. The molecule has 3 heterocycles. The van der Waals surface area contributed by atoms with E-state index < -0.39 is 34.8 Å². The zero-order chi connectivity index (χ0) is 20.2. The Morgan fingerprint density at radius 3 is 2.54 bits per heavy atom. The standard InChI is InChI=1S/C18H14F4N4OS/c1-24-12(6-14(27)25-3-2-23-8-25)13-4-9(7-26(13)18(24)28)15-16(21)10(19)5-11(20)17(15)22/h2-3,5,8-9H,4,6-7H2,1H3. The predicted molar refractivity (Wildman–Crippen MR) is 93.5 cm³/mol. The Bertz CT molecular complexity index is 1120. The van der Waals surface area contributed by atoms with Gasteiger partial charge in [-0.2, -0.15) is 0 Å². The number of hydrogen-bond donors (Lipinski definition) is 0. The first-order valence-electron chi connectivity index (χ1n) is 8.40. The molecule has 1 aromatic carbocycles. The molecule has 4 rings (SSSR count). The van der Waals surface area contributed by atoms with E-state index in [1.807, 2.05) is 0 Å². The molecule has 0 saturated heterocycles. The lowest BCUT2D eigenvalue weighted by atomic mass is 9.94. The number of aromatic nitrogens is 4. The van der Waals surface area contributed by atoms with Gasteiger partial charge in [-0.25, -0.2) is 22.5 Å². The summed E-state index contributed by atoms with van der Waals surface area (Å²) in [6.45, 7) is 0.0675. The predicted octanol–water partition coefficient (Wildman–Crippen LogP) is 3.53. The number of hydrogen-bond acceptors (Lipinski definition) is 3. The molecule has 0 saturated carbocycles. The summed E-state index contributed by atoms with van der Waals surface area (Å²) in [5.74, 6) is -6.77. The van der Waals surface area contributed by atoms with Crippen LogP contribution in [0.2, 0.25) is 0 Å². The normalized spacial score (nSPS) is 15.8. The van der Waals surface area contributed by atoms with E-state index in [4.69, 9.17) is 12.2 Å². The molecule has 0 N–H and O–H groups in total. The fraction of sp³-hybridized carbons (Fsp3) is 0.278. The van der Waals surface area contributed by atoms with E-state index in [-0.39, 0.29) is 31.4 Å². The molecule has 146 valence electrons. The topological polar surface area (TPSA) is 44.8 Å². The van der Waals surface area contributed by atoms with Gasteiger partial charge in [-0.3, -0.25) is 9.36 Å². The van der Waals surface area contributed by atoms with Crippen LogP contribution in [0, 0.1) is 28.0 Å². The van der Waals surface area contributed by atoms with Crippen molar-refractivity contribution in [3.63, 3.8) is 0 Å². The molecule has 0 bridgehead atoms. The average molecular weight is 410 g/mol. The highest BCUT2D eigenvalue weighted by molar-refractivity contribution is 7.71. The maximum Gasteiger partial charge on any atom is 0.237 e. The molecule has 1 atom stereocenters. The third-order valence-electron chi connectivity index (χ3n) is 5.09. The van der Waals surface area contributed by atoms with Crippen LogP contribution in [0.25, 0.3) is 0 Å². The Kier molecular flexibility index (Phi) is 4.45. The Balaban J connectivity index is 1.72. The lowest BCUT2D eigenvalue weighted by Gasteiger charge is -2.14. The van der Waals surface area contributed by atoms with Gasteiger partial charge in [-0.15, -0.1) is 0 Å². The number of fused-ring (bicyclic) bond motifs is 1. The van der Waals surface area contributed by atoms with Crippen LogP contribution >= 0.6 is 12.2 Å². The number of benzene rings is 1. The van der Waals surface area contributed by atoms with Crippen molar-refractivity contribution in [3.8, 4) is 0 Å². The van der Waals surface area contributed by atoms with Gasteiger partial charge in [0.15, 0.2) is 28.0 Å². The maximum atomic E-state index is 14.2. The number of imidazole rings is 2. The lowest BCUT2D eigenvalue weighted by molar-refractivity contribution is 0.0911. The smallest absolute Gasteiger partial charge is 0.237 e. The molecule has 1 unspecified atom stereocenters. The summed E-state index contributed by atoms with van der Waals surface area (Å²) >= 11 is 5.37. The summed E-state index contributed by atoms with van der Waals surface area (Å²) in [5, 5.41) is 0. The second-order valence-electron chi connectivity index (χ2n) is 6.67. The maximum absolute atomic E-state index is 14.2. The molecule has 5 nitrogen and oxygen atoms in total. The summed E-state index contributed by atoms with van der Waals surface area (Å²) in [6.07, 6.45) is 4.45. The van der Waals surface area contributed by atoms with Crippen LogP contribution in [0.5, 0.6) is 0 Å². The summed E-state index contributed by atoms with van der Waals surface area (Å²) < 4.78 is 60.7. The van der Waals surface area contributed by atoms with Crippen LogP contribution in [0.3, 0.4) is 0 Å². The van der Waals surface area contributed by atoms with Crippen LogP contribution in [0.4, 0.5) is 17.6 Å². The molecule has 0 fully saturated rings. The second-order valence-corrected chi connectivity index (χ2v) is 7.03. The van der Waals surface area contributed by atoms with Crippen molar-refractivity contribution in [2.24, 2.45) is 7.05 Å². The molecule has 10 heteroatoms. The van der Waals surface area contributed by atoms with Crippen LogP contribution < -0.4 is 0 Å². The highest BCUT2D eigenvalue weighted by Crippen LogP contribution is 2.36. The zero-order valence-corrected chi connectivity index (χ0v) is 15.4. The van der Waals surface area contributed by atoms with Gasteiger partial charge >= 0.3 is 0 Å². The summed E-state index contributed by atoms with van der Waals surface area (Å²) in [4.78, 5) is 16.3. The first-order valence-corrected chi connectivity index (χ1v) is 8.81. The van der Waals surface area contributed by atoms with Gasteiger partial charge in [0.05, 0.1) is 6.42 Å². The van der Waals surface area contributed by atoms with Gasteiger partial charge in [-0.05, 0) is 18.6 Å². The van der Waals surface area contributed by atoms with E-state index in [0.717, 1.165) is 0 Å². The largest absolute Gasteiger partial charge is 0.323 e. The van der Waals surface area contributed by atoms with E-state index in [1.54, 1.807) is 16.2 Å². The van der Waals surface area contributed by atoms with Crippen molar-refractivity contribution in [2.45, 2.75) is 25.3 Å². The number of carbonyl (C=O) groups is 1. The SMILES string of the molecule is Cn1c(CC(=O)n2ccnc2)c2n(c1=S)CC(c1c(F)c(F)cc(F)c1F)C2. The van der Waals surface area contributed by atoms with Crippen molar-refractivity contribution in [1.29, 1.82) is 0 Å². The van der Waals surface area contributed by atoms with E-state index in [2.05, 4.69) is 4.98 Å². The first-order chi connectivity index (χ1) is 13.3. The number of nitrogens with zero attached hydrogens (tertiary/aromatic N) is 4. The third-order valence-corrected chi connectivity index (χ3v) is 5.58. The van der Waals surface area contributed by atoms with Gasteiger partial charge in [0, 0.05) is 54.9 Å². The molecule has 0 amide bonds. The fourth-order valence-electron chi connectivity index (χ4n) is 3.70. The monoisotopic (exact) mass is 410 g/mol. The van der Waals surface area contributed by atoms with Gasteiger partial charge in [0.2, 0.25) is 5.91 Å². The van der Waals surface area contributed by atoms with E-state index in [1.165, 1.54) is 23.3 Å². The van der Waals surface area contributed by atoms with Crippen LogP contribution in [-0.2, 0) is 26.4 Å². The highest BCUT2D eigenvalue weighted by atomic mass is 32.1. The third kappa shape index (κ3) is 2.79. The van der Waals surface area contributed by atoms with Crippen molar-refractivity contribution in [1.82, 2.24) is 18.7 Å². The molecule has 0 spiro atoms. The molecule has 3 aromatic rings. The number of carbonyl (C=O) groups excluding carboxylic acids is 1. The Hall–Kier alpha value is -2.75. The quantitative estimate of drug-likeness (QED) is 0.377. The van der Waals surface area contributed by atoms with Gasteiger partial charge in [0.25, 0.3) is 0 Å². The van der Waals surface area contributed by atoms with Gasteiger partial charge < -0.3 is 9.13 Å². The highest BCUT2D eigenvalue weighted by Gasteiger charge is 2.34. The van der Waals surface area contributed by atoms with Crippen molar-refractivity contribution < 1.29 is 22.4 Å². The molecule has 0 aliphatic carbocycles. The van der Waals surface area contributed by atoms with Gasteiger partial charge in [0.1, 0.15) is 6.33 Å². The minimum Gasteiger partial charge on any atom is -0.323 e. The van der Waals surface area contributed by atoms with E-state index in [0.29, 0.717) is 16.2 Å². The molecular formula is C18H14F4N4OS. The van der Waals surface area contributed by atoms with Crippen LogP contribution in [0.15, 0.2) is 24.8 Å². The van der Waals surface area contributed by atoms with Crippen LogP contribution in [-0.4, -0.2) is 24.6 Å². The molecule has 28 heavy (non-hydrogen) atoms. The Morgan fingerprint density at radius 1 is 1.25 bits per heavy atom. The summed E-state index contributed by atoms with van der Waals surface area (Å²) in [7, 11) is 1.70. The Labute approximate surface area is 161 Å². The molecule has 1 aliphatic rings. The lowest BCUT2D eigenvalue weighted by Crippen LogP contribution is -2.16. The van der Waals surface area contributed by atoms with Crippen LogP contribution in [0.1, 0.15) is 27.7 Å². The van der Waals surface area contributed by atoms with Crippen molar-refractivity contribution >= 4 is 18.1 Å². The van der Waals surface area contributed by atoms with E-state index >= 15 is 0 Å². The van der Waals surface area contributed by atoms with Crippen molar-refractivity contribution in [2.75, 3.05) is 0 Å². The zero-order valence-electron chi connectivity index (χ0n) is 14.6. The van der Waals surface area contributed by atoms with E-state index in [9.17, 15) is 22.4 Å². The molecule has 2 aromatic heterocycles. The molecular weight excluding hydrogens is 396 g/mol. The summed E-state index contributed by atoms with van der Waals surface area (Å²) in [5.41, 5.74) is 0.573. The fourth-order valence-corrected chi connectivity index (χ4v) is 4.00. The minimum atomic E-state index is -1.44. The molecule has 1 aliphatic heterocycles. The van der Waals surface area contributed by atoms with Gasteiger partial charge in [-0.1, -0.05) is 0 Å². The first kappa shape index (κ1) is 18.6. The van der Waals surface area contributed by atoms with Crippen molar-refractivity contribution in [3.05, 3.63) is 69.8 Å². The number of rotatable bonds is 3. The second kappa shape index (κ2) is 6.69. The molecule has 0 radical (unpaired) electrons. The summed E-state index contributed by atoms with van der Waals surface area (Å²) in [6, 6.07) is 0.192.